The molecule has 1 unspecified atom stereocenters. The van der Waals surface area contributed by atoms with E-state index in [2.05, 4.69) is 20.0 Å². The summed E-state index contributed by atoms with van der Waals surface area (Å²) in [6.07, 6.45) is 4.19. The van der Waals surface area contributed by atoms with E-state index in [9.17, 15) is 22.3 Å². The van der Waals surface area contributed by atoms with E-state index in [4.69, 9.17) is 9.66 Å². The highest BCUT2D eigenvalue weighted by Gasteiger charge is 2.45. The summed E-state index contributed by atoms with van der Waals surface area (Å²) in [7, 11) is -4.02. The Bertz CT molecular complexity index is 1450. The van der Waals surface area contributed by atoms with Crippen molar-refractivity contribution in [1.29, 1.82) is 0 Å². The number of sulfonamides is 1. The van der Waals surface area contributed by atoms with E-state index < -0.39 is 27.8 Å². The summed E-state index contributed by atoms with van der Waals surface area (Å²) in [5, 5.41) is 20.5. The minimum Gasteiger partial charge on any atom is -0.395 e. The Morgan fingerprint density at radius 2 is 1.74 bits per heavy atom. The first kappa shape index (κ1) is 26.5. The highest BCUT2D eigenvalue weighted by Crippen LogP contribution is 2.54. The molecule has 0 bridgehead atoms. The van der Waals surface area contributed by atoms with Gasteiger partial charge in [-0.2, -0.15) is 4.98 Å². The summed E-state index contributed by atoms with van der Waals surface area (Å²) in [6, 6.07) is 5.06. The van der Waals surface area contributed by atoms with Crippen molar-refractivity contribution in [3.63, 3.8) is 0 Å². The van der Waals surface area contributed by atoms with E-state index in [-0.39, 0.29) is 37.6 Å². The molecule has 1 atom stereocenters. The van der Waals surface area contributed by atoms with Gasteiger partial charge in [-0.05, 0) is 48.8 Å². The fraction of sp³-hybridized carbons (Fsp3) is 0.560. The Hall–Kier alpha value is -2.68. The number of rotatable bonds is 7. The van der Waals surface area contributed by atoms with Crippen LogP contribution in [-0.4, -0.2) is 67.4 Å². The maximum atomic E-state index is 13.6. The van der Waals surface area contributed by atoms with Gasteiger partial charge in [0, 0.05) is 50.1 Å². The topological polar surface area (TPSA) is 139 Å². The smallest absolute Gasteiger partial charge is 0.260 e. The van der Waals surface area contributed by atoms with Gasteiger partial charge in [0.1, 0.15) is 10.9 Å². The molecule has 1 saturated carbocycles. The highest BCUT2D eigenvalue weighted by molar-refractivity contribution is 7.89. The minimum absolute atomic E-state index is 0.201. The van der Waals surface area contributed by atoms with E-state index in [1.54, 1.807) is 23.6 Å². The molecule has 2 aliphatic heterocycles. The summed E-state index contributed by atoms with van der Waals surface area (Å²) in [5.41, 5.74) is 2.70. The van der Waals surface area contributed by atoms with Gasteiger partial charge in [-0.15, -0.1) is 11.3 Å². The number of anilines is 2. The van der Waals surface area contributed by atoms with Crippen LogP contribution in [0.5, 0.6) is 0 Å². The zero-order valence-electron chi connectivity index (χ0n) is 21.2. The van der Waals surface area contributed by atoms with E-state index in [0.29, 0.717) is 27.4 Å². The van der Waals surface area contributed by atoms with Gasteiger partial charge in [0.15, 0.2) is 5.13 Å². The van der Waals surface area contributed by atoms with Crippen LogP contribution in [0.25, 0.3) is 23.0 Å². The second kappa shape index (κ2) is 9.75. The predicted molar refractivity (Wildman–Crippen MR) is 143 cm³/mol. The van der Waals surface area contributed by atoms with Gasteiger partial charge in [0.05, 0.1) is 12.2 Å². The average Bonchev–Trinajstić information content (AvgIpc) is 3.28. The molecule has 3 aromatic rings. The first-order valence-corrected chi connectivity index (χ1v) is 15.5. The molecular weight excluding hydrogens is 550 g/mol. The lowest BCUT2D eigenvalue weighted by Crippen LogP contribution is -2.39. The van der Waals surface area contributed by atoms with Crippen LogP contribution in [0.3, 0.4) is 0 Å². The quantitative estimate of drug-likeness (QED) is 0.427. The van der Waals surface area contributed by atoms with Crippen molar-refractivity contribution < 1.29 is 26.8 Å². The number of benzene rings is 1. The minimum atomic E-state index is -4.02. The maximum absolute atomic E-state index is 13.6. The fourth-order valence-electron chi connectivity index (χ4n) is 5.46. The molecule has 1 spiro atoms. The first-order valence-electron chi connectivity index (χ1n) is 13.0. The van der Waals surface area contributed by atoms with Crippen molar-refractivity contribution in [2.24, 2.45) is 10.6 Å². The molecule has 14 heteroatoms. The van der Waals surface area contributed by atoms with Crippen LogP contribution >= 0.6 is 11.3 Å². The Labute approximate surface area is 228 Å². The van der Waals surface area contributed by atoms with Gasteiger partial charge < -0.3 is 19.4 Å². The molecule has 4 heterocycles. The Morgan fingerprint density at radius 3 is 2.38 bits per heavy atom. The third kappa shape index (κ3) is 5.39. The van der Waals surface area contributed by atoms with E-state index in [0.717, 1.165) is 31.6 Å². The zero-order chi connectivity index (χ0) is 27.4. The molecule has 1 aliphatic carbocycles. The maximum Gasteiger partial charge on any atom is 0.260 e. The van der Waals surface area contributed by atoms with Gasteiger partial charge >= 0.3 is 0 Å². The molecule has 0 amide bonds. The number of aromatic nitrogens is 3. The van der Waals surface area contributed by atoms with Crippen LogP contribution in [0.1, 0.15) is 49.3 Å². The lowest BCUT2D eigenvalue weighted by molar-refractivity contribution is -0.0220. The number of nitrogens with zero attached hydrogens (tertiary/aromatic N) is 5. The number of aliphatic hydroxyl groups is 1. The van der Waals surface area contributed by atoms with Gasteiger partial charge in [0.2, 0.25) is 15.8 Å². The van der Waals surface area contributed by atoms with Crippen molar-refractivity contribution >= 4 is 32.2 Å². The second-order valence-corrected chi connectivity index (χ2v) is 13.4. The number of halogens is 2. The summed E-state index contributed by atoms with van der Waals surface area (Å²) in [5.74, 6) is -2.11. The standard InChI is InChI=1S/C25H30F2N6O4S2/c26-25(27)7-11-33(12-8-25)23-29-18(15-38-23)21-30-22(37-31-21)17-2-1-16(20(14-34)39(28,35)36)13-19(17)32-9-5-24(3-4-24)6-10-32/h1-2,13,15,20,34H,3-12,14H2,(H2,28,35,36). The summed E-state index contributed by atoms with van der Waals surface area (Å²) < 4.78 is 57.0. The molecule has 0 radical (unpaired) electrons. The van der Waals surface area contributed by atoms with Crippen LogP contribution in [0.2, 0.25) is 0 Å². The Kier molecular flexibility index (Phi) is 6.63. The fourth-order valence-corrected chi connectivity index (χ4v) is 7.06. The number of piperidine rings is 2. The Balaban J connectivity index is 1.29. The lowest BCUT2D eigenvalue weighted by Gasteiger charge is -2.35. The van der Waals surface area contributed by atoms with Crippen LogP contribution < -0.4 is 14.9 Å². The molecule has 3 N–H and O–H groups in total. The van der Waals surface area contributed by atoms with E-state index in [1.165, 1.54) is 24.2 Å². The zero-order valence-corrected chi connectivity index (χ0v) is 22.9. The van der Waals surface area contributed by atoms with Gasteiger partial charge in [0.25, 0.3) is 11.8 Å². The largest absolute Gasteiger partial charge is 0.395 e. The number of hydrogen-bond donors (Lipinski definition) is 2. The molecule has 39 heavy (non-hydrogen) atoms. The first-order chi connectivity index (χ1) is 18.6. The molecule has 3 aliphatic rings. The highest BCUT2D eigenvalue weighted by atomic mass is 32.2. The number of hydrogen-bond acceptors (Lipinski definition) is 10. The Morgan fingerprint density at radius 1 is 1.05 bits per heavy atom. The molecular formula is C25H30F2N6O4S2. The second-order valence-electron chi connectivity index (χ2n) is 10.8. The summed E-state index contributed by atoms with van der Waals surface area (Å²) in [4.78, 5) is 13.2. The van der Waals surface area contributed by atoms with Gasteiger partial charge in [-0.1, -0.05) is 11.2 Å². The monoisotopic (exact) mass is 580 g/mol. The number of primary sulfonamides is 1. The van der Waals surface area contributed by atoms with Crippen LogP contribution in [0.4, 0.5) is 19.6 Å². The summed E-state index contributed by atoms with van der Waals surface area (Å²) in [6.45, 7) is 1.45. The van der Waals surface area contributed by atoms with Gasteiger partial charge in [-0.25, -0.2) is 27.3 Å². The number of nitrogens with two attached hydrogens (primary N) is 1. The average molecular weight is 581 g/mol. The number of alkyl halides is 2. The van der Waals surface area contributed by atoms with Crippen molar-refractivity contribution in [2.45, 2.75) is 49.7 Å². The molecule has 6 rings (SSSR count). The number of aliphatic hydroxyl groups excluding tert-OH is 1. The molecule has 10 nitrogen and oxygen atoms in total. The molecule has 1 aromatic carbocycles. The third-order valence-corrected chi connectivity index (χ3v) is 10.3. The van der Waals surface area contributed by atoms with Crippen molar-refractivity contribution in [2.75, 3.05) is 42.6 Å². The van der Waals surface area contributed by atoms with E-state index in [1.807, 2.05) is 4.90 Å². The summed E-state index contributed by atoms with van der Waals surface area (Å²) >= 11 is 1.35. The van der Waals surface area contributed by atoms with E-state index >= 15 is 0 Å². The lowest BCUT2D eigenvalue weighted by atomic mass is 9.92. The number of thiazole rings is 1. The third-order valence-electron chi connectivity index (χ3n) is 8.22. The molecule has 3 fully saturated rings. The van der Waals surface area contributed by atoms with Crippen LogP contribution in [-0.2, 0) is 10.0 Å². The van der Waals surface area contributed by atoms with Crippen LogP contribution in [0.15, 0.2) is 28.1 Å². The normalized spacial score (nSPS) is 21.3. The van der Waals surface area contributed by atoms with Gasteiger partial charge in [-0.3, -0.25) is 0 Å². The molecule has 2 saturated heterocycles. The molecule has 210 valence electrons. The van der Waals surface area contributed by atoms with Crippen LogP contribution in [0, 0.1) is 5.41 Å². The predicted octanol–water partition coefficient (Wildman–Crippen LogP) is 3.80. The van der Waals surface area contributed by atoms with Crippen molar-refractivity contribution in [1.82, 2.24) is 15.1 Å². The molecule has 2 aromatic heterocycles. The van der Waals surface area contributed by atoms with Crippen molar-refractivity contribution in [3.8, 4) is 23.0 Å². The SMILES string of the molecule is NS(=O)(=O)C(CO)c1ccc(-c2nc(-c3csc(N4CCC(F)(F)CC4)n3)no2)c(N2CCC3(CC2)CC3)c1. The van der Waals surface area contributed by atoms with Crippen molar-refractivity contribution in [3.05, 3.63) is 29.1 Å².